The highest BCUT2D eigenvalue weighted by Crippen LogP contribution is 2.35. The predicted molar refractivity (Wildman–Crippen MR) is 119 cm³/mol. The Bertz CT molecular complexity index is 921. The molecule has 0 saturated carbocycles. The molecule has 30 heavy (non-hydrogen) atoms. The summed E-state index contributed by atoms with van der Waals surface area (Å²) in [7, 11) is 0. The normalized spacial score (nSPS) is 19.1. The fourth-order valence-electron chi connectivity index (χ4n) is 3.99. The van der Waals surface area contributed by atoms with Crippen LogP contribution in [0.4, 0.5) is 0 Å². The summed E-state index contributed by atoms with van der Waals surface area (Å²) in [5.41, 5.74) is 1.22. The number of aryl methyl sites for hydroxylation is 1. The predicted octanol–water partition coefficient (Wildman–Crippen LogP) is 3.66. The first kappa shape index (κ1) is 22.1. The molecule has 1 amide bonds. The molecule has 0 radical (unpaired) electrons. The van der Waals surface area contributed by atoms with Crippen LogP contribution < -0.4 is 0 Å². The van der Waals surface area contributed by atoms with E-state index in [9.17, 15) is 15.0 Å². The average Bonchev–Trinajstić information content (AvgIpc) is 2.76. The molecule has 2 aromatic rings. The number of carbonyl (C=O) groups excluding carboxylic acids is 1. The summed E-state index contributed by atoms with van der Waals surface area (Å²) < 4.78 is 0. The van der Waals surface area contributed by atoms with Crippen molar-refractivity contribution in [3.05, 3.63) is 71.3 Å². The SMILES string of the molecule is CC(C)(O)C#Cc1cccc(C(=O)N2CCCC(CO)(CCc3ccccc3)C2)c1. The Kier molecular flexibility index (Phi) is 6.97. The first-order chi connectivity index (χ1) is 14.3. The molecule has 1 unspecified atom stereocenters. The monoisotopic (exact) mass is 405 g/mol. The zero-order valence-corrected chi connectivity index (χ0v) is 17.9. The molecule has 1 heterocycles. The zero-order chi connectivity index (χ0) is 21.6. The van der Waals surface area contributed by atoms with E-state index in [-0.39, 0.29) is 17.9 Å². The molecule has 2 N–H and O–H groups in total. The number of carbonyl (C=O) groups is 1. The summed E-state index contributed by atoms with van der Waals surface area (Å²) in [5, 5.41) is 20.0. The van der Waals surface area contributed by atoms with Gasteiger partial charge in [-0.05, 0) is 63.3 Å². The molecule has 1 atom stereocenters. The summed E-state index contributed by atoms with van der Waals surface area (Å²) in [6.07, 6.45) is 3.57. The third kappa shape index (κ3) is 5.95. The van der Waals surface area contributed by atoms with E-state index in [0.717, 1.165) is 25.7 Å². The van der Waals surface area contributed by atoms with Gasteiger partial charge in [-0.1, -0.05) is 48.2 Å². The maximum Gasteiger partial charge on any atom is 0.253 e. The number of hydrogen-bond acceptors (Lipinski definition) is 3. The van der Waals surface area contributed by atoms with E-state index in [2.05, 4.69) is 24.0 Å². The molecule has 4 heteroatoms. The van der Waals surface area contributed by atoms with Crippen LogP contribution in [0.5, 0.6) is 0 Å². The van der Waals surface area contributed by atoms with Crippen LogP contribution in [0.2, 0.25) is 0 Å². The van der Waals surface area contributed by atoms with Crippen LogP contribution in [0.1, 0.15) is 54.6 Å². The first-order valence-corrected chi connectivity index (χ1v) is 10.6. The smallest absolute Gasteiger partial charge is 0.253 e. The highest BCUT2D eigenvalue weighted by Gasteiger charge is 2.36. The lowest BCUT2D eigenvalue weighted by atomic mass is 9.76. The van der Waals surface area contributed by atoms with Gasteiger partial charge in [-0.15, -0.1) is 0 Å². The van der Waals surface area contributed by atoms with E-state index in [0.29, 0.717) is 24.2 Å². The Balaban J connectivity index is 1.72. The molecule has 1 fully saturated rings. The summed E-state index contributed by atoms with van der Waals surface area (Å²) in [4.78, 5) is 15.0. The van der Waals surface area contributed by atoms with Gasteiger partial charge in [0.1, 0.15) is 5.60 Å². The van der Waals surface area contributed by atoms with Gasteiger partial charge in [0.05, 0.1) is 6.61 Å². The van der Waals surface area contributed by atoms with Crippen LogP contribution in [0.25, 0.3) is 0 Å². The number of nitrogens with zero attached hydrogens (tertiary/aromatic N) is 1. The van der Waals surface area contributed by atoms with Crippen molar-refractivity contribution in [3.8, 4) is 11.8 Å². The number of aliphatic hydroxyl groups excluding tert-OH is 1. The van der Waals surface area contributed by atoms with Crippen molar-refractivity contribution < 1.29 is 15.0 Å². The van der Waals surface area contributed by atoms with Crippen molar-refractivity contribution >= 4 is 5.91 Å². The molecule has 0 aliphatic carbocycles. The Morgan fingerprint density at radius 3 is 2.63 bits per heavy atom. The molecule has 1 aliphatic rings. The molecular formula is C26H31NO3. The Labute approximate surface area is 179 Å². The van der Waals surface area contributed by atoms with Gasteiger partial charge in [0, 0.05) is 29.6 Å². The van der Waals surface area contributed by atoms with Crippen LogP contribution in [0.15, 0.2) is 54.6 Å². The van der Waals surface area contributed by atoms with Crippen molar-refractivity contribution in [2.24, 2.45) is 5.41 Å². The Morgan fingerprint density at radius 2 is 1.93 bits per heavy atom. The fourth-order valence-corrected chi connectivity index (χ4v) is 3.99. The second-order valence-electron chi connectivity index (χ2n) is 8.86. The Hall–Kier alpha value is -2.61. The molecule has 0 spiro atoms. The van der Waals surface area contributed by atoms with Crippen molar-refractivity contribution in [1.29, 1.82) is 0 Å². The zero-order valence-electron chi connectivity index (χ0n) is 17.9. The molecule has 3 rings (SSSR count). The van der Waals surface area contributed by atoms with Gasteiger partial charge >= 0.3 is 0 Å². The van der Waals surface area contributed by atoms with Crippen molar-refractivity contribution in [2.45, 2.75) is 45.1 Å². The van der Waals surface area contributed by atoms with E-state index < -0.39 is 5.60 Å². The van der Waals surface area contributed by atoms with Crippen LogP contribution >= 0.6 is 0 Å². The molecule has 0 bridgehead atoms. The lowest BCUT2D eigenvalue weighted by Crippen LogP contribution is -2.48. The third-order valence-corrected chi connectivity index (χ3v) is 5.69. The van der Waals surface area contributed by atoms with E-state index in [1.807, 2.05) is 35.2 Å². The molecule has 2 aromatic carbocycles. The average molecular weight is 406 g/mol. The molecule has 158 valence electrons. The van der Waals surface area contributed by atoms with Crippen molar-refractivity contribution in [3.63, 3.8) is 0 Å². The van der Waals surface area contributed by atoms with Gasteiger partial charge < -0.3 is 15.1 Å². The summed E-state index contributed by atoms with van der Waals surface area (Å²) in [5.74, 6) is 5.70. The number of likely N-dealkylation sites (tertiary alicyclic amines) is 1. The highest BCUT2D eigenvalue weighted by molar-refractivity contribution is 5.94. The van der Waals surface area contributed by atoms with Crippen LogP contribution in [0.3, 0.4) is 0 Å². The summed E-state index contributed by atoms with van der Waals surface area (Å²) in [6, 6.07) is 17.5. The summed E-state index contributed by atoms with van der Waals surface area (Å²) >= 11 is 0. The third-order valence-electron chi connectivity index (χ3n) is 5.69. The Morgan fingerprint density at radius 1 is 1.17 bits per heavy atom. The van der Waals surface area contributed by atoms with Gasteiger partial charge in [0.25, 0.3) is 5.91 Å². The van der Waals surface area contributed by atoms with Gasteiger partial charge in [-0.25, -0.2) is 0 Å². The topological polar surface area (TPSA) is 60.8 Å². The van der Waals surface area contributed by atoms with Crippen molar-refractivity contribution in [1.82, 2.24) is 4.90 Å². The van der Waals surface area contributed by atoms with Gasteiger partial charge in [-0.2, -0.15) is 0 Å². The van der Waals surface area contributed by atoms with Crippen LogP contribution in [-0.2, 0) is 6.42 Å². The van der Waals surface area contributed by atoms with Gasteiger partial charge in [0.15, 0.2) is 0 Å². The van der Waals surface area contributed by atoms with Gasteiger partial charge in [-0.3, -0.25) is 4.79 Å². The maximum atomic E-state index is 13.2. The summed E-state index contributed by atoms with van der Waals surface area (Å²) in [6.45, 7) is 4.61. The fraction of sp³-hybridized carbons (Fsp3) is 0.423. The second kappa shape index (κ2) is 9.47. The maximum absolute atomic E-state index is 13.2. The standard InChI is InChI=1S/C26H31NO3/c1-25(2,30)15-12-22-10-6-11-23(18-22)24(29)27-17-7-14-26(19-27,20-28)16-13-21-8-4-3-5-9-21/h3-6,8-11,18,28,30H,7,13-14,16-17,19-20H2,1-2H3. The molecular weight excluding hydrogens is 374 g/mol. The van der Waals surface area contributed by atoms with E-state index in [4.69, 9.17) is 0 Å². The van der Waals surface area contributed by atoms with Crippen LogP contribution in [0, 0.1) is 17.3 Å². The van der Waals surface area contributed by atoms with E-state index >= 15 is 0 Å². The highest BCUT2D eigenvalue weighted by atomic mass is 16.3. The lowest BCUT2D eigenvalue weighted by molar-refractivity contribution is 0.0228. The number of piperidine rings is 1. The minimum Gasteiger partial charge on any atom is -0.396 e. The quantitative estimate of drug-likeness (QED) is 0.747. The number of aliphatic hydroxyl groups is 2. The number of amides is 1. The number of benzene rings is 2. The van der Waals surface area contributed by atoms with Crippen molar-refractivity contribution in [2.75, 3.05) is 19.7 Å². The van der Waals surface area contributed by atoms with E-state index in [1.165, 1.54) is 5.56 Å². The van der Waals surface area contributed by atoms with Crippen LogP contribution in [-0.4, -0.2) is 46.3 Å². The first-order valence-electron chi connectivity index (χ1n) is 10.6. The number of rotatable bonds is 5. The van der Waals surface area contributed by atoms with E-state index in [1.54, 1.807) is 26.0 Å². The number of hydrogen-bond donors (Lipinski definition) is 2. The largest absolute Gasteiger partial charge is 0.396 e. The second-order valence-corrected chi connectivity index (χ2v) is 8.86. The molecule has 1 saturated heterocycles. The minimum atomic E-state index is -1.08. The van der Waals surface area contributed by atoms with Gasteiger partial charge in [0.2, 0.25) is 0 Å². The lowest BCUT2D eigenvalue weighted by Gasteiger charge is -2.42. The molecule has 4 nitrogen and oxygen atoms in total. The minimum absolute atomic E-state index is 0.0286. The molecule has 0 aromatic heterocycles. The molecule has 1 aliphatic heterocycles.